The zero-order valence-corrected chi connectivity index (χ0v) is 43.6. The number of sulfone groups is 2. The fourth-order valence-electron chi connectivity index (χ4n) is 11.5. The summed E-state index contributed by atoms with van der Waals surface area (Å²) < 4.78 is 185. The number of Topliss-reactive ketones (excluding diaryl/α,β-unsaturated/α-hetero) is 1. The third-order valence-electron chi connectivity index (χ3n) is 15.7. The van der Waals surface area contributed by atoms with Gasteiger partial charge < -0.3 is 25.5 Å². The van der Waals surface area contributed by atoms with Crippen molar-refractivity contribution < 1.29 is 89.8 Å². The van der Waals surface area contributed by atoms with E-state index in [0.717, 1.165) is 12.5 Å². The summed E-state index contributed by atoms with van der Waals surface area (Å²) >= 11 is 0. The standard InChI is InChI=1S/C27H27F5N2O5S.C26H23F5N2O5S/c1-26(37)11-15(12-26)23(17-9-20(29)18(10-19(17)28)27(30,31)32)33-24(35)22-8-14-7-21(14)34(22)25(36)13-4-3-5-16(6-13)40(2,38)39;1-39(37,38)16-4-2-3-12(7-16)25(36)33-21-8-13(21)9-22(33)24(35)32-23(14-5-15(34)6-14)17-10-20(28)18(11-19(17)27)26(29,30)31/h3-6,9-10,14-15,21-23,37H,7-8,11-12H2,1-2H3,(H,33,35);2-4,7,10-11,13-14,21-23H,5-6,8-9H2,1H3,(H,32,35)/t14-,15?,21-,22-,23-,26?;13-,21-,22-,23-/m11/s1. The first-order valence-corrected chi connectivity index (χ1v) is 28.6. The predicted molar refractivity (Wildman–Crippen MR) is 258 cm³/mol. The SMILES string of the molecule is CC1(O)CC([C@@H](NC(=O)[C@H]2C[C@H]3C[C@H]3N2C(=O)c2cccc(S(C)(=O)=O)c2)c2cc(F)c(C(F)(F)F)cc2F)C1.CS(=O)(=O)c1cccc(C(=O)N2[C@@H](C(=O)N[C@@H](c3cc(F)c(C(F)(F)F)cc3F)C3CC(=O)C3)C[C@H]3C[C@H]32)c1. The van der Waals surface area contributed by atoms with Gasteiger partial charge in [-0.25, -0.2) is 34.4 Å². The summed E-state index contributed by atoms with van der Waals surface area (Å²) in [7, 11) is -7.21. The Kier molecular flexibility index (Phi) is 14.7. The molecule has 26 heteroatoms. The van der Waals surface area contributed by atoms with Gasteiger partial charge in [-0.3, -0.25) is 24.0 Å². The average molecular weight is 1160 g/mol. The van der Waals surface area contributed by atoms with E-state index in [9.17, 15) is 89.8 Å². The van der Waals surface area contributed by atoms with Crippen LogP contribution in [0.3, 0.4) is 0 Å². The Morgan fingerprint density at radius 2 is 0.975 bits per heavy atom. The Bertz CT molecular complexity index is 3410. The van der Waals surface area contributed by atoms with E-state index in [1.807, 2.05) is 0 Å². The minimum atomic E-state index is -5.13. The second-order valence-electron chi connectivity index (χ2n) is 21.7. The van der Waals surface area contributed by atoms with Crippen LogP contribution in [-0.2, 0) is 46.4 Å². The summed E-state index contributed by atoms with van der Waals surface area (Å²) in [6, 6.07) is 6.57. The molecule has 3 N–H and O–H groups in total. The van der Waals surface area contributed by atoms with E-state index in [1.165, 1.54) is 65.3 Å². The number of rotatable bonds is 12. The lowest BCUT2D eigenvalue weighted by Crippen LogP contribution is -2.52. The quantitative estimate of drug-likeness (QED) is 0.117. The number of alkyl halides is 6. The van der Waals surface area contributed by atoms with Crippen molar-refractivity contribution in [2.75, 3.05) is 12.5 Å². The van der Waals surface area contributed by atoms with Gasteiger partial charge in [0.2, 0.25) is 11.8 Å². The number of halogens is 10. The number of fused-ring (bicyclic) bond motifs is 2. The van der Waals surface area contributed by atoms with Crippen LogP contribution < -0.4 is 10.6 Å². The van der Waals surface area contributed by atoms with Gasteiger partial charge in [0.05, 0.1) is 38.6 Å². The van der Waals surface area contributed by atoms with E-state index in [-0.39, 0.29) is 101 Å². The first kappa shape index (κ1) is 57.3. The minimum Gasteiger partial charge on any atom is -0.390 e. The number of hydrogen-bond acceptors (Lipinski definition) is 10. The molecule has 79 heavy (non-hydrogen) atoms. The molecule has 4 aromatic rings. The van der Waals surface area contributed by atoms with Crippen molar-refractivity contribution in [1.29, 1.82) is 0 Å². The van der Waals surface area contributed by atoms with Gasteiger partial charge in [0.15, 0.2) is 19.7 Å². The van der Waals surface area contributed by atoms with Crippen LogP contribution in [0.2, 0.25) is 0 Å². The smallest absolute Gasteiger partial charge is 0.390 e. The van der Waals surface area contributed by atoms with Gasteiger partial charge >= 0.3 is 12.4 Å². The molecule has 0 aromatic heterocycles. The lowest BCUT2D eigenvalue weighted by molar-refractivity contribution is -0.141. The van der Waals surface area contributed by atoms with E-state index in [1.54, 1.807) is 0 Å². The topological polar surface area (TPSA) is 204 Å². The largest absolute Gasteiger partial charge is 0.419 e. The normalized spacial score (nSPS) is 26.1. The molecule has 4 saturated carbocycles. The van der Waals surface area contributed by atoms with Crippen LogP contribution in [0.25, 0.3) is 0 Å². The summed E-state index contributed by atoms with van der Waals surface area (Å²) in [5.74, 6) is -10.1. The number of benzene rings is 4. The van der Waals surface area contributed by atoms with Crippen molar-refractivity contribution in [3.8, 4) is 0 Å². The summed E-state index contributed by atoms with van der Waals surface area (Å²) in [5, 5.41) is 15.4. The number of piperidine rings is 2. The molecule has 0 unspecified atom stereocenters. The number of likely N-dealkylation sites (tertiary alicyclic amines) is 2. The Morgan fingerprint density at radius 3 is 1.32 bits per heavy atom. The zero-order valence-electron chi connectivity index (χ0n) is 42.0. The number of carbonyl (C=O) groups excluding carboxylic acids is 5. The van der Waals surface area contributed by atoms with Crippen molar-refractivity contribution in [2.45, 2.75) is 122 Å². The fraction of sp³-hybridized carbons (Fsp3) is 0.453. The fourth-order valence-corrected chi connectivity index (χ4v) is 12.8. The van der Waals surface area contributed by atoms with Crippen LogP contribution in [0.1, 0.15) is 113 Å². The summed E-state index contributed by atoms with van der Waals surface area (Å²) in [4.78, 5) is 68.0. The van der Waals surface area contributed by atoms with Crippen LogP contribution in [0.4, 0.5) is 43.9 Å². The molecule has 6 aliphatic rings. The van der Waals surface area contributed by atoms with Gasteiger partial charge in [-0.2, -0.15) is 26.3 Å². The number of hydrogen-bond donors (Lipinski definition) is 3. The second kappa shape index (κ2) is 20.3. The molecule has 8 atom stereocenters. The highest BCUT2D eigenvalue weighted by atomic mass is 32.2. The Balaban J connectivity index is 0.000000192. The monoisotopic (exact) mass is 1160 g/mol. The molecular formula is C53H50F10N4O10S2. The highest BCUT2D eigenvalue weighted by Gasteiger charge is 2.58. The van der Waals surface area contributed by atoms with Crippen LogP contribution in [0.15, 0.2) is 82.6 Å². The number of ketones is 1. The maximum Gasteiger partial charge on any atom is 0.419 e. The van der Waals surface area contributed by atoms with Crippen molar-refractivity contribution >= 4 is 49.1 Å². The summed E-state index contributed by atoms with van der Waals surface area (Å²) in [6.45, 7) is 1.52. The Labute approximate surface area is 445 Å². The highest BCUT2D eigenvalue weighted by Crippen LogP contribution is 2.51. The molecule has 4 aromatic carbocycles. The maximum absolute atomic E-state index is 15.0. The first-order chi connectivity index (χ1) is 36.6. The van der Waals surface area contributed by atoms with Crippen molar-refractivity contribution in [1.82, 2.24) is 20.4 Å². The third-order valence-corrected chi connectivity index (χ3v) is 17.9. The number of carbonyl (C=O) groups is 5. The molecule has 6 fully saturated rings. The second-order valence-corrected chi connectivity index (χ2v) is 25.7. The molecule has 0 radical (unpaired) electrons. The minimum absolute atomic E-state index is 0.0202. The van der Waals surface area contributed by atoms with Gasteiger partial charge in [0.25, 0.3) is 11.8 Å². The molecule has 2 aliphatic heterocycles. The molecule has 2 heterocycles. The van der Waals surface area contributed by atoms with Crippen molar-refractivity contribution in [2.24, 2.45) is 23.7 Å². The molecule has 2 saturated heterocycles. The first-order valence-electron chi connectivity index (χ1n) is 24.8. The van der Waals surface area contributed by atoms with Gasteiger partial charge in [-0.1, -0.05) is 12.1 Å². The zero-order chi connectivity index (χ0) is 57.8. The number of aliphatic hydroxyl groups is 1. The van der Waals surface area contributed by atoms with Crippen LogP contribution in [-0.4, -0.2) is 103 Å². The van der Waals surface area contributed by atoms with Crippen molar-refractivity contribution in [3.63, 3.8) is 0 Å². The molecule has 10 rings (SSSR count). The van der Waals surface area contributed by atoms with E-state index in [0.29, 0.717) is 25.0 Å². The maximum atomic E-state index is 15.0. The molecule has 424 valence electrons. The highest BCUT2D eigenvalue weighted by molar-refractivity contribution is 7.91. The summed E-state index contributed by atoms with van der Waals surface area (Å²) in [6.07, 6.45) is -6.41. The Morgan fingerprint density at radius 1 is 0.595 bits per heavy atom. The molecule has 0 bridgehead atoms. The molecule has 4 aliphatic carbocycles. The number of nitrogens with one attached hydrogen (secondary N) is 2. The van der Waals surface area contributed by atoms with E-state index >= 15 is 0 Å². The molecule has 0 spiro atoms. The van der Waals surface area contributed by atoms with Gasteiger partial charge in [-0.05, 0) is 130 Å². The van der Waals surface area contributed by atoms with Gasteiger partial charge in [0.1, 0.15) is 41.1 Å². The molecule has 14 nitrogen and oxygen atoms in total. The third kappa shape index (κ3) is 11.8. The number of amides is 4. The average Bonchev–Trinajstić information content (AvgIpc) is 4.43. The van der Waals surface area contributed by atoms with Gasteiger partial charge in [-0.15, -0.1) is 0 Å². The molecule has 4 amide bonds. The van der Waals surface area contributed by atoms with Gasteiger partial charge in [0, 0.05) is 59.7 Å². The van der Waals surface area contributed by atoms with E-state index < -0.39 is 143 Å². The molecular weight excluding hydrogens is 1110 g/mol. The van der Waals surface area contributed by atoms with E-state index in [4.69, 9.17) is 0 Å². The van der Waals surface area contributed by atoms with Crippen LogP contribution in [0.5, 0.6) is 0 Å². The van der Waals surface area contributed by atoms with Crippen LogP contribution in [0, 0.1) is 46.9 Å². The lowest BCUT2D eigenvalue weighted by atomic mass is 9.67. The lowest BCUT2D eigenvalue weighted by Gasteiger charge is -2.45. The number of nitrogens with zero attached hydrogens (tertiary/aromatic N) is 2. The summed E-state index contributed by atoms with van der Waals surface area (Å²) in [5.41, 5.74) is -5.59. The van der Waals surface area contributed by atoms with Crippen LogP contribution >= 0.6 is 0 Å². The predicted octanol–water partition coefficient (Wildman–Crippen LogP) is 7.84. The van der Waals surface area contributed by atoms with E-state index in [2.05, 4.69) is 10.6 Å². The Hall–Kier alpha value is -6.41. The van der Waals surface area contributed by atoms with Crippen molar-refractivity contribution in [3.05, 3.63) is 129 Å².